The van der Waals surface area contributed by atoms with E-state index in [0.29, 0.717) is 10.9 Å². The first-order valence-corrected chi connectivity index (χ1v) is 10.3. The predicted octanol–water partition coefficient (Wildman–Crippen LogP) is 4.80. The predicted molar refractivity (Wildman–Crippen MR) is 116 cm³/mol. The molecule has 10 heteroatoms. The van der Waals surface area contributed by atoms with Crippen molar-refractivity contribution in [3.05, 3.63) is 66.4 Å². The highest BCUT2D eigenvalue weighted by molar-refractivity contribution is 6.03. The molecule has 1 N–H and O–H groups in total. The number of aromatic carboxylic acids is 1. The van der Waals surface area contributed by atoms with Crippen molar-refractivity contribution in [1.29, 1.82) is 0 Å². The second kappa shape index (κ2) is 7.88. The van der Waals surface area contributed by atoms with Crippen LogP contribution in [0.15, 0.2) is 55.0 Å². The van der Waals surface area contributed by atoms with Crippen molar-refractivity contribution in [2.75, 3.05) is 18.0 Å². The molecule has 0 aliphatic carbocycles. The first-order chi connectivity index (χ1) is 15.8. The van der Waals surface area contributed by atoms with Crippen molar-refractivity contribution in [2.24, 2.45) is 0 Å². The highest BCUT2D eigenvalue weighted by Crippen LogP contribution is 2.32. The van der Waals surface area contributed by atoms with Crippen molar-refractivity contribution in [3.8, 4) is 16.8 Å². The average Bonchev–Trinajstić information content (AvgIpc) is 3.47. The number of alkyl halides is 3. The Hall–Kier alpha value is -3.95. The van der Waals surface area contributed by atoms with E-state index in [1.54, 1.807) is 30.6 Å². The lowest BCUT2D eigenvalue weighted by Gasteiger charge is -2.17. The van der Waals surface area contributed by atoms with E-state index in [0.717, 1.165) is 55.0 Å². The largest absolute Gasteiger partial charge is 0.476 e. The lowest BCUT2D eigenvalue weighted by molar-refractivity contribution is -0.141. The van der Waals surface area contributed by atoms with Gasteiger partial charge in [-0.05, 0) is 48.7 Å². The van der Waals surface area contributed by atoms with Gasteiger partial charge in [-0.1, -0.05) is 6.07 Å². The van der Waals surface area contributed by atoms with Crippen LogP contribution in [0.1, 0.15) is 29.0 Å². The van der Waals surface area contributed by atoms with Crippen LogP contribution < -0.4 is 4.90 Å². The molecule has 4 heterocycles. The van der Waals surface area contributed by atoms with Gasteiger partial charge in [0.15, 0.2) is 5.69 Å². The number of hydrogen-bond donors (Lipinski definition) is 1. The fraction of sp³-hybridized carbons (Fsp3) is 0.217. The first kappa shape index (κ1) is 20.9. The first-order valence-electron chi connectivity index (χ1n) is 10.3. The van der Waals surface area contributed by atoms with Crippen LogP contribution in [0.5, 0.6) is 0 Å². The Balaban J connectivity index is 1.62. The van der Waals surface area contributed by atoms with Gasteiger partial charge in [0.1, 0.15) is 5.69 Å². The standard InChI is InChI=1S/C23H18F3N5O2/c24-23(25,26)20-11-16(5-6-28-20)31-19-4-3-14(10-18(19)21(29-31)22(32)33)15-9-17(13-27-12-15)30-7-1-2-8-30/h3-6,9-13H,1-2,7-8H2,(H,32,33). The van der Waals surface area contributed by atoms with Crippen LogP contribution in [0, 0.1) is 0 Å². The van der Waals surface area contributed by atoms with Crippen LogP contribution in [0.4, 0.5) is 18.9 Å². The second-order valence-electron chi connectivity index (χ2n) is 7.82. The molecule has 3 aromatic heterocycles. The second-order valence-corrected chi connectivity index (χ2v) is 7.82. The zero-order valence-electron chi connectivity index (χ0n) is 17.3. The number of fused-ring (bicyclic) bond motifs is 1. The van der Waals surface area contributed by atoms with Gasteiger partial charge in [-0.2, -0.15) is 18.3 Å². The highest BCUT2D eigenvalue weighted by atomic mass is 19.4. The summed E-state index contributed by atoms with van der Waals surface area (Å²) in [7, 11) is 0. The number of carbonyl (C=O) groups is 1. The molecule has 0 atom stereocenters. The maximum absolute atomic E-state index is 13.1. The number of aromatic nitrogens is 4. The van der Waals surface area contributed by atoms with Gasteiger partial charge in [-0.3, -0.25) is 9.97 Å². The third-order valence-corrected chi connectivity index (χ3v) is 5.69. The van der Waals surface area contributed by atoms with Crippen LogP contribution in [0.25, 0.3) is 27.7 Å². The van der Waals surface area contributed by atoms with E-state index in [-0.39, 0.29) is 11.4 Å². The Labute approximate surface area is 186 Å². The van der Waals surface area contributed by atoms with Crippen LogP contribution in [-0.2, 0) is 6.18 Å². The summed E-state index contributed by atoms with van der Waals surface area (Å²) in [6, 6.07) is 9.31. The summed E-state index contributed by atoms with van der Waals surface area (Å²) in [5.74, 6) is -1.27. The molecule has 33 heavy (non-hydrogen) atoms. The van der Waals surface area contributed by atoms with Crippen molar-refractivity contribution < 1.29 is 23.1 Å². The lowest BCUT2D eigenvalue weighted by atomic mass is 10.0. The Morgan fingerprint density at radius 1 is 0.970 bits per heavy atom. The molecule has 168 valence electrons. The summed E-state index contributed by atoms with van der Waals surface area (Å²) < 4.78 is 40.6. The molecule has 0 spiro atoms. The van der Waals surface area contributed by atoms with Crippen molar-refractivity contribution in [3.63, 3.8) is 0 Å². The monoisotopic (exact) mass is 453 g/mol. The number of halogens is 3. The Kier molecular flexibility index (Phi) is 4.99. The Bertz CT molecular complexity index is 1360. The maximum Gasteiger partial charge on any atom is 0.433 e. The minimum Gasteiger partial charge on any atom is -0.476 e. The molecule has 1 fully saturated rings. The number of rotatable bonds is 4. The Morgan fingerprint density at radius 2 is 1.76 bits per heavy atom. The zero-order chi connectivity index (χ0) is 23.2. The van der Waals surface area contributed by atoms with E-state index in [1.165, 1.54) is 10.7 Å². The summed E-state index contributed by atoms with van der Waals surface area (Å²) in [5.41, 5.74) is 1.66. The minimum atomic E-state index is -4.63. The van der Waals surface area contributed by atoms with Gasteiger partial charge in [-0.15, -0.1) is 0 Å². The highest BCUT2D eigenvalue weighted by Gasteiger charge is 2.33. The summed E-state index contributed by atoms with van der Waals surface area (Å²) in [5, 5.41) is 14.1. The third kappa shape index (κ3) is 3.88. The summed E-state index contributed by atoms with van der Waals surface area (Å²) in [4.78, 5) is 21.8. The van der Waals surface area contributed by atoms with E-state index >= 15 is 0 Å². The number of hydrogen-bond acceptors (Lipinski definition) is 5. The van der Waals surface area contributed by atoms with Crippen LogP contribution in [0.2, 0.25) is 0 Å². The quantitative estimate of drug-likeness (QED) is 0.478. The molecule has 0 radical (unpaired) electrons. The Morgan fingerprint density at radius 3 is 2.48 bits per heavy atom. The van der Waals surface area contributed by atoms with Gasteiger partial charge in [0.25, 0.3) is 0 Å². The van der Waals surface area contributed by atoms with Crippen LogP contribution in [-0.4, -0.2) is 43.9 Å². The molecule has 1 saturated heterocycles. The molecule has 1 aliphatic rings. The van der Waals surface area contributed by atoms with E-state index in [1.807, 2.05) is 6.07 Å². The van der Waals surface area contributed by atoms with Crippen LogP contribution >= 0.6 is 0 Å². The number of carboxylic acids is 1. The molecule has 5 rings (SSSR count). The van der Waals surface area contributed by atoms with E-state index in [4.69, 9.17) is 0 Å². The van der Waals surface area contributed by atoms with Gasteiger partial charge < -0.3 is 10.0 Å². The van der Waals surface area contributed by atoms with Crippen LogP contribution in [0.3, 0.4) is 0 Å². The summed E-state index contributed by atoms with van der Waals surface area (Å²) >= 11 is 0. The van der Waals surface area contributed by atoms with Crippen molar-refractivity contribution in [2.45, 2.75) is 19.0 Å². The molecular formula is C23H18F3N5O2. The van der Waals surface area contributed by atoms with Gasteiger partial charge in [0, 0.05) is 36.4 Å². The van der Waals surface area contributed by atoms with Crippen molar-refractivity contribution >= 4 is 22.6 Å². The number of anilines is 1. The maximum atomic E-state index is 13.1. The summed E-state index contributed by atoms with van der Waals surface area (Å²) in [6.07, 6.45) is 2.15. The summed E-state index contributed by atoms with van der Waals surface area (Å²) in [6.45, 7) is 1.93. The molecular weight excluding hydrogens is 435 g/mol. The lowest BCUT2D eigenvalue weighted by Crippen LogP contribution is -2.17. The van der Waals surface area contributed by atoms with Crippen molar-refractivity contribution in [1.82, 2.24) is 19.7 Å². The number of benzene rings is 1. The van der Waals surface area contributed by atoms with E-state index in [2.05, 4.69) is 20.0 Å². The SMILES string of the molecule is O=C(O)c1nn(-c2ccnc(C(F)(F)F)c2)c2ccc(-c3cncc(N4CCCC4)c3)cc12. The molecule has 1 aliphatic heterocycles. The number of pyridine rings is 2. The third-order valence-electron chi connectivity index (χ3n) is 5.69. The topological polar surface area (TPSA) is 84.1 Å². The molecule has 7 nitrogen and oxygen atoms in total. The molecule has 0 unspecified atom stereocenters. The average molecular weight is 453 g/mol. The fourth-order valence-corrected chi connectivity index (χ4v) is 4.09. The molecule has 4 aromatic rings. The van der Waals surface area contributed by atoms with E-state index in [9.17, 15) is 23.1 Å². The van der Waals surface area contributed by atoms with Gasteiger partial charge in [0.05, 0.1) is 23.1 Å². The van der Waals surface area contributed by atoms with Gasteiger partial charge in [0.2, 0.25) is 0 Å². The molecule has 0 bridgehead atoms. The smallest absolute Gasteiger partial charge is 0.433 e. The number of nitrogens with zero attached hydrogens (tertiary/aromatic N) is 5. The van der Waals surface area contributed by atoms with Gasteiger partial charge >= 0.3 is 12.1 Å². The number of carboxylic acid groups (broad SMARTS) is 1. The van der Waals surface area contributed by atoms with E-state index < -0.39 is 17.8 Å². The minimum absolute atomic E-state index is 0.0697. The fourth-order valence-electron chi connectivity index (χ4n) is 4.09. The molecule has 1 aromatic carbocycles. The van der Waals surface area contributed by atoms with Gasteiger partial charge in [-0.25, -0.2) is 9.48 Å². The molecule has 0 amide bonds. The normalized spacial score (nSPS) is 14.2. The molecule has 0 saturated carbocycles. The zero-order valence-corrected chi connectivity index (χ0v) is 17.3.